The quantitative estimate of drug-likeness (QED) is 0.496. The molecule has 0 bridgehead atoms. The monoisotopic (exact) mass is 448 g/mol. The lowest BCUT2D eigenvalue weighted by molar-refractivity contribution is -0.120. The summed E-state index contributed by atoms with van der Waals surface area (Å²) in [5.41, 5.74) is 2.96. The number of ether oxygens (including phenoxy) is 1. The van der Waals surface area contributed by atoms with E-state index in [9.17, 15) is 4.79 Å². The number of hydrogen-bond donors (Lipinski definition) is 1. The van der Waals surface area contributed by atoms with E-state index in [4.69, 9.17) is 14.8 Å². The first-order chi connectivity index (χ1) is 15.6. The SMILES string of the molecule is COc1ccc(-c2cn3nc(N4CCCC(C(=O)Nc5ccc(C)cn5)C4)sc3n2)cc1. The minimum absolute atomic E-state index is 0.00850. The van der Waals surface area contributed by atoms with Crippen LogP contribution in [0, 0.1) is 12.8 Å². The number of anilines is 2. The van der Waals surface area contributed by atoms with Crippen LogP contribution in [0.4, 0.5) is 10.9 Å². The Kier molecular flexibility index (Phi) is 5.48. The number of piperidine rings is 1. The molecule has 0 saturated carbocycles. The van der Waals surface area contributed by atoms with Gasteiger partial charge >= 0.3 is 0 Å². The number of carbonyl (C=O) groups is 1. The predicted molar refractivity (Wildman–Crippen MR) is 125 cm³/mol. The summed E-state index contributed by atoms with van der Waals surface area (Å²) in [5, 5.41) is 8.57. The molecule has 5 rings (SSSR count). The molecule has 1 fully saturated rings. The first kappa shape index (κ1) is 20.4. The molecule has 9 heteroatoms. The molecular formula is C23H24N6O2S. The fourth-order valence-corrected chi connectivity index (χ4v) is 4.77. The van der Waals surface area contributed by atoms with Gasteiger partial charge in [0.15, 0.2) is 0 Å². The number of hydrogen-bond acceptors (Lipinski definition) is 7. The first-order valence-corrected chi connectivity index (χ1v) is 11.4. The summed E-state index contributed by atoms with van der Waals surface area (Å²) in [4.78, 5) is 24.8. The van der Waals surface area contributed by atoms with E-state index in [2.05, 4.69) is 15.2 Å². The number of nitrogens with zero attached hydrogens (tertiary/aromatic N) is 5. The van der Waals surface area contributed by atoms with Crippen molar-refractivity contribution in [3.63, 3.8) is 0 Å². The second-order valence-corrected chi connectivity index (χ2v) is 8.90. The van der Waals surface area contributed by atoms with Crippen molar-refractivity contribution in [3.8, 4) is 17.0 Å². The largest absolute Gasteiger partial charge is 0.497 e. The summed E-state index contributed by atoms with van der Waals surface area (Å²) >= 11 is 1.54. The molecule has 1 N–H and O–H groups in total. The fourth-order valence-electron chi connectivity index (χ4n) is 3.85. The zero-order valence-corrected chi connectivity index (χ0v) is 18.8. The maximum atomic E-state index is 12.8. The van der Waals surface area contributed by atoms with Crippen molar-refractivity contribution in [2.45, 2.75) is 19.8 Å². The van der Waals surface area contributed by atoms with Gasteiger partial charge < -0.3 is 15.0 Å². The molecule has 4 aromatic rings. The molecule has 1 unspecified atom stereocenters. The third-order valence-corrected chi connectivity index (χ3v) is 6.63. The maximum absolute atomic E-state index is 12.8. The average Bonchev–Trinajstić information content (AvgIpc) is 3.40. The van der Waals surface area contributed by atoms with E-state index in [1.165, 1.54) is 0 Å². The Morgan fingerprint density at radius 2 is 2.06 bits per heavy atom. The second kappa shape index (κ2) is 8.58. The fraction of sp³-hybridized carbons (Fsp3) is 0.304. The summed E-state index contributed by atoms with van der Waals surface area (Å²) in [6.45, 7) is 3.50. The number of rotatable bonds is 5. The summed E-state index contributed by atoms with van der Waals surface area (Å²) in [6.07, 6.45) is 5.50. The normalized spacial score (nSPS) is 16.3. The molecule has 1 amide bonds. The third kappa shape index (κ3) is 4.16. The van der Waals surface area contributed by atoms with E-state index in [0.29, 0.717) is 12.4 Å². The number of methoxy groups -OCH3 is 1. The number of aryl methyl sites for hydroxylation is 1. The number of benzene rings is 1. The van der Waals surface area contributed by atoms with Gasteiger partial charge in [0.1, 0.15) is 11.6 Å². The predicted octanol–water partition coefficient (Wildman–Crippen LogP) is 4.02. The van der Waals surface area contributed by atoms with Gasteiger partial charge in [0, 0.05) is 24.8 Å². The number of imidazole rings is 1. The second-order valence-electron chi connectivity index (χ2n) is 7.96. The van der Waals surface area contributed by atoms with Gasteiger partial charge in [-0.2, -0.15) is 0 Å². The van der Waals surface area contributed by atoms with E-state index in [1.807, 2.05) is 54.0 Å². The molecule has 8 nitrogen and oxygen atoms in total. The molecule has 0 aliphatic carbocycles. The van der Waals surface area contributed by atoms with Crippen LogP contribution >= 0.6 is 11.3 Å². The highest BCUT2D eigenvalue weighted by molar-refractivity contribution is 7.20. The van der Waals surface area contributed by atoms with Crippen LogP contribution in [0.15, 0.2) is 48.8 Å². The minimum atomic E-state index is -0.0991. The highest BCUT2D eigenvalue weighted by Gasteiger charge is 2.28. The first-order valence-electron chi connectivity index (χ1n) is 10.6. The lowest BCUT2D eigenvalue weighted by Crippen LogP contribution is -2.40. The van der Waals surface area contributed by atoms with Gasteiger partial charge in [0.2, 0.25) is 16.0 Å². The van der Waals surface area contributed by atoms with Crippen molar-refractivity contribution < 1.29 is 9.53 Å². The Bertz CT molecular complexity index is 1200. The van der Waals surface area contributed by atoms with Gasteiger partial charge in [-0.15, -0.1) is 5.10 Å². The molecule has 32 heavy (non-hydrogen) atoms. The maximum Gasteiger partial charge on any atom is 0.230 e. The van der Waals surface area contributed by atoms with Gasteiger partial charge in [0.25, 0.3) is 0 Å². The minimum Gasteiger partial charge on any atom is -0.497 e. The zero-order chi connectivity index (χ0) is 22.1. The van der Waals surface area contributed by atoms with Crippen LogP contribution in [0.25, 0.3) is 16.2 Å². The lowest BCUT2D eigenvalue weighted by atomic mass is 9.97. The lowest BCUT2D eigenvalue weighted by Gasteiger charge is -2.31. The zero-order valence-electron chi connectivity index (χ0n) is 18.0. The molecule has 1 aromatic carbocycles. The molecule has 3 aromatic heterocycles. The van der Waals surface area contributed by atoms with E-state index in [-0.39, 0.29) is 11.8 Å². The number of carbonyl (C=O) groups excluding carboxylic acids is 1. The van der Waals surface area contributed by atoms with E-state index >= 15 is 0 Å². The Balaban J connectivity index is 1.28. The summed E-state index contributed by atoms with van der Waals surface area (Å²) in [6, 6.07) is 11.6. The standard InChI is InChI=1S/C23H24N6O2S/c1-15-5-10-20(24-12-15)26-21(30)17-4-3-11-28(13-17)23-27-29-14-19(25-22(29)32-23)16-6-8-18(31-2)9-7-16/h5-10,12,14,17H,3-4,11,13H2,1-2H3,(H,24,26,30). The van der Waals surface area contributed by atoms with Crippen LogP contribution < -0.4 is 15.0 Å². The smallest absolute Gasteiger partial charge is 0.230 e. The molecule has 1 saturated heterocycles. The van der Waals surface area contributed by atoms with Crippen LogP contribution in [-0.2, 0) is 4.79 Å². The van der Waals surface area contributed by atoms with Crippen molar-refractivity contribution in [2.75, 3.05) is 30.4 Å². The highest BCUT2D eigenvalue weighted by Crippen LogP contribution is 2.30. The van der Waals surface area contributed by atoms with E-state index in [0.717, 1.165) is 52.0 Å². The Labute approximate surface area is 189 Å². The number of nitrogens with one attached hydrogen (secondary N) is 1. The highest BCUT2D eigenvalue weighted by atomic mass is 32.1. The Morgan fingerprint density at radius 3 is 2.78 bits per heavy atom. The van der Waals surface area contributed by atoms with E-state index < -0.39 is 0 Å². The molecule has 0 spiro atoms. The van der Waals surface area contributed by atoms with Crippen LogP contribution in [0.2, 0.25) is 0 Å². The van der Waals surface area contributed by atoms with Crippen molar-refractivity contribution in [2.24, 2.45) is 5.92 Å². The molecule has 0 radical (unpaired) electrons. The average molecular weight is 449 g/mol. The summed E-state index contributed by atoms with van der Waals surface area (Å²) in [7, 11) is 1.65. The van der Waals surface area contributed by atoms with Crippen LogP contribution in [0.3, 0.4) is 0 Å². The molecule has 4 heterocycles. The van der Waals surface area contributed by atoms with Gasteiger partial charge in [-0.05, 0) is 55.7 Å². The van der Waals surface area contributed by atoms with Crippen molar-refractivity contribution in [1.82, 2.24) is 19.6 Å². The third-order valence-electron chi connectivity index (χ3n) is 5.64. The summed E-state index contributed by atoms with van der Waals surface area (Å²) in [5.74, 6) is 1.32. The molecular weight excluding hydrogens is 424 g/mol. The Hall–Kier alpha value is -3.46. The molecule has 1 aliphatic heterocycles. The molecule has 1 atom stereocenters. The van der Waals surface area contributed by atoms with Crippen LogP contribution in [-0.4, -0.2) is 45.7 Å². The van der Waals surface area contributed by atoms with Crippen molar-refractivity contribution in [1.29, 1.82) is 0 Å². The number of amides is 1. The molecule has 1 aliphatic rings. The van der Waals surface area contributed by atoms with Gasteiger partial charge in [-0.3, -0.25) is 4.79 Å². The Morgan fingerprint density at radius 1 is 1.22 bits per heavy atom. The van der Waals surface area contributed by atoms with Gasteiger partial charge in [-0.25, -0.2) is 14.5 Å². The molecule has 164 valence electrons. The number of fused-ring (bicyclic) bond motifs is 1. The summed E-state index contributed by atoms with van der Waals surface area (Å²) < 4.78 is 7.04. The number of aromatic nitrogens is 4. The van der Waals surface area contributed by atoms with Gasteiger partial charge in [0.05, 0.1) is 24.9 Å². The van der Waals surface area contributed by atoms with Crippen molar-refractivity contribution >= 4 is 33.2 Å². The topological polar surface area (TPSA) is 84.7 Å². The van der Waals surface area contributed by atoms with Gasteiger partial charge in [-0.1, -0.05) is 17.4 Å². The van der Waals surface area contributed by atoms with E-state index in [1.54, 1.807) is 24.6 Å². The van der Waals surface area contributed by atoms with Crippen LogP contribution in [0.5, 0.6) is 5.75 Å². The van der Waals surface area contributed by atoms with Crippen LogP contribution in [0.1, 0.15) is 18.4 Å². The van der Waals surface area contributed by atoms with Crippen molar-refractivity contribution in [3.05, 3.63) is 54.4 Å². The number of pyridine rings is 1.